The van der Waals surface area contributed by atoms with Crippen molar-refractivity contribution in [3.63, 3.8) is 0 Å². The maximum absolute atomic E-state index is 9.56. The minimum atomic E-state index is 0.507. The van der Waals surface area contributed by atoms with Gasteiger partial charge in [0.15, 0.2) is 5.82 Å². The number of rotatable bonds is 4. The van der Waals surface area contributed by atoms with Crippen LogP contribution in [0.5, 0.6) is 0 Å². The van der Waals surface area contributed by atoms with Crippen molar-refractivity contribution in [1.29, 1.82) is 5.26 Å². The number of imidazole rings is 1. The number of para-hydroxylation sites is 3. The molecule has 0 bridgehead atoms. The Bertz CT molecular complexity index is 826. The molecule has 0 fully saturated rings. The lowest BCUT2D eigenvalue weighted by Gasteiger charge is -2.09. The van der Waals surface area contributed by atoms with Crippen molar-refractivity contribution in [3.05, 3.63) is 65.5 Å². The SMILES string of the molecule is CS/C(Nc1ccccc1)=C(\C#N)c1nc2ccccc2[nH]1. The Hall–Kier alpha value is -2.71. The monoisotopic (exact) mass is 306 g/mol. The summed E-state index contributed by atoms with van der Waals surface area (Å²) >= 11 is 1.49. The lowest BCUT2D eigenvalue weighted by Crippen LogP contribution is -2.00. The second-order valence-electron chi connectivity index (χ2n) is 4.61. The molecule has 5 heteroatoms. The van der Waals surface area contributed by atoms with Gasteiger partial charge in [0.05, 0.1) is 16.1 Å². The smallest absolute Gasteiger partial charge is 0.151 e. The van der Waals surface area contributed by atoms with Crippen molar-refractivity contribution < 1.29 is 0 Å². The van der Waals surface area contributed by atoms with E-state index >= 15 is 0 Å². The van der Waals surface area contributed by atoms with Crippen molar-refractivity contribution in [1.82, 2.24) is 9.97 Å². The number of aromatic nitrogens is 2. The first kappa shape index (κ1) is 14.2. The maximum Gasteiger partial charge on any atom is 0.151 e. The molecule has 1 aromatic heterocycles. The van der Waals surface area contributed by atoms with Crippen LogP contribution in [0.2, 0.25) is 0 Å². The van der Waals surface area contributed by atoms with E-state index in [9.17, 15) is 5.26 Å². The van der Waals surface area contributed by atoms with Gasteiger partial charge in [-0.15, -0.1) is 11.8 Å². The van der Waals surface area contributed by atoms with Crippen LogP contribution in [0.25, 0.3) is 16.6 Å². The van der Waals surface area contributed by atoms with Crippen LogP contribution in [-0.4, -0.2) is 16.2 Å². The largest absolute Gasteiger partial charge is 0.349 e. The molecule has 1 heterocycles. The normalized spacial score (nSPS) is 11.8. The number of anilines is 1. The van der Waals surface area contributed by atoms with Gasteiger partial charge in [0, 0.05) is 5.69 Å². The van der Waals surface area contributed by atoms with Gasteiger partial charge in [-0.25, -0.2) is 4.98 Å². The van der Waals surface area contributed by atoms with Gasteiger partial charge in [-0.05, 0) is 30.5 Å². The zero-order valence-corrected chi connectivity index (χ0v) is 12.8. The van der Waals surface area contributed by atoms with E-state index in [1.165, 1.54) is 11.8 Å². The Kier molecular flexibility index (Phi) is 4.12. The molecule has 3 rings (SSSR count). The maximum atomic E-state index is 9.56. The number of allylic oxidation sites excluding steroid dienone is 1. The van der Waals surface area contributed by atoms with Crippen LogP contribution in [0.15, 0.2) is 59.6 Å². The number of nitriles is 1. The third kappa shape index (κ3) is 2.83. The molecule has 4 nitrogen and oxygen atoms in total. The third-order valence-corrected chi connectivity index (χ3v) is 3.92. The van der Waals surface area contributed by atoms with E-state index in [0.717, 1.165) is 21.7 Å². The number of H-pyrrole nitrogens is 1. The predicted molar refractivity (Wildman–Crippen MR) is 92.2 cm³/mol. The van der Waals surface area contributed by atoms with E-state index in [4.69, 9.17) is 0 Å². The van der Waals surface area contributed by atoms with Gasteiger partial charge in [0.25, 0.3) is 0 Å². The molecule has 0 amide bonds. The minimum Gasteiger partial charge on any atom is -0.349 e. The van der Waals surface area contributed by atoms with Gasteiger partial charge in [0.1, 0.15) is 11.6 Å². The highest BCUT2D eigenvalue weighted by molar-refractivity contribution is 8.02. The molecule has 108 valence electrons. The molecule has 2 aromatic carbocycles. The Balaban J connectivity index is 2.04. The van der Waals surface area contributed by atoms with E-state index in [-0.39, 0.29) is 0 Å². The van der Waals surface area contributed by atoms with Gasteiger partial charge in [-0.2, -0.15) is 5.26 Å². The molecular weight excluding hydrogens is 292 g/mol. The highest BCUT2D eigenvalue weighted by Gasteiger charge is 2.13. The topological polar surface area (TPSA) is 64.5 Å². The van der Waals surface area contributed by atoms with Crippen molar-refractivity contribution in [3.8, 4) is 6.07 Å². The number of nitrogens with one attached hydrogen (secondary N) is 2. The summed E-state index contributed by atoms with van der Waals surface area (Å²) in [6.07, 6.45) is 1.94. The van der Waals surface area contributed by atoms with Gasteiger partial charge in [-0.1, -0.05) is 30.3 Å². The lowest BCUT2D eigenvalue weighted by atomic mass is 10.3. The lowest BCUT2D eigenvalue weighted by molar-refractivity contribution is 1.26. The predicted octanol–water partition coefficient (Wildman–Crippen LogP) is 4.23. The third-order valence-electron chi connectivity index (χ3n) is 3.20. The first-order valence-electron chi connectivity index (χ1n) is 6.77. The van der Waals surface area contributed by atoms with Crippen LogP contribution < -0.4 is 5.32 Å². The summed E-state index contributed by atoms with van der Waals surface area (Å²) in [4.78, 5) is 7.71. The van der Waals surface area contributed by atoms with E-state index in [0.29, 0.717) is 11.4 Å². The number of nitrogens with zero attached hydrogens (tertiary/aromatic N) is 2. The van der Waals surface area contributed by atoms with Crippen LogP contribution in [0.4, 0.5) is 5.69 Å². The highest BCUT2D eigenvalue weighted by atomic mass is 32.2. The van der Waals surface area contributed by atoms with Gasteiger partial charge >= 0.3 is 0 Å². The molecule has 3 aromatic rings. The van der Waals surface area contributed by atoms with Crippen molar-refractivity contribution in [2.45, 2.75) is 0 Å². The van der Waals surface area contributed by atoms with Crippen LogP contribution >= 0.6 is 11.8 Å². The van der Waals surface area contributed by atoms with Crippen molar-refractivity contribution in [2.24, 2.45) is 0 Å². The fourth-order valence-corrected chi connectivity index (χ4v) is 2.72. The summed E-state index contributed by atoms with van der Waals surface area (Å²) in [5.41, 5.74) is 3.22. The number of aromatic amines is 1. The number of hydrogen-bond acceptors (Lipinski definition) is 4. The van der Waals surface area contributed by atoms with Crippen LogP contribution in [-0.2, 0) is 0 Å². The van der Waals surface area contributed by atoms with Gasteiger partial charge in [0.2, 0.25) is 0 Å². The fraction of sp³-hybridized carbons (Fsp3) is 0.0588. The highest BCUT2D eigenvalue weighted by Crippen LogP contribution is 2.26. The number of benzene rings is 2. The molecule has 0 atom stereocenters. The summed E-state index contributed by atoms with van der Waals surface area (Å²) < 4.78 is 0. The summed E-state index contributed by atoms with van der Waals surface area (Å²) in [6, 6.07) is 19.8. The van der Waals surface area contributed by atoms with E-state index < -0.39 is 0 Å². The molecule has 0 spiro atoms. The molecule has 22 heavy (non-hydrogen) atoms. The molecule has 0 saturated carbocycles. The molecule has 0 radical (unpaired) electrons. The first-order valence-corrected chi connectivity index (χ1v) is 8.00. The van der Waals surface area contributed by atoms with E-state index in [2.05, 4.69) is 21.4 Å². The van der Waals surface area contributed by atoms with Crippen LogP contribution in [0, 0.1) is 11.3 Å². The zero-order valence-electron chi connectivity index (χ0n) is 12.0. The molecule has 0 aliphatic heterocycles. The Morgan fingerprint density at radius 1 is 1.14 bits per heavy atom. The number of hydrogen-bond donors (Lipinski definition) is 2. The second-order valence-corrected chi connectivity index (χ2v) is 5.43. The van der Waals surface area contributed by atoms with Crippen LogP contribution in [0.1, 0.15) is 5.82 Å². The molecule has 0 aliphatic carbocycles. The minimum absolute atomic E-state index is 0.507. The van der Waals surface area contributed by atoms with Gasteiger partial charge in [-0.3, -0.25) is 0 Å². The summed E-state index contributed by atoms with van der Waals surface area (Å²) in [5, 5.41) is 13.6. The molecule has 0 unspecified atom stereocenters. The molecule has 0 saturated heterocycles. The average molecular weight is 306 g/mol. The number of thioether (sulfide) groups is 1. The summed E-state index contributed by atoms with van der Waals surface area (Å²) in [5.74, 6) is 0.580. The second kappa shape index (κ2) is 6.37. The zero-order chi connectivity index (χ0) is 15.4. The van der Waals surface area contributed by atoms with E-state index in [1.807, 2.05) is 60.9 Å². The fourth-order valence-electron chi connectivity index (χ4n) is 2.15. The van der Waals surface area contributed by atoms with E-state index in [1.54, 1.807) is 0 Å². The summed E-state index contributed by atoms with van der Waals surface area (Å²) in [6.45, 7) is 0. The molecular formula is C17H14N4S. The Morgan fingerprint density at radius 2 is 1.86 bits per heavy atom. The Morgan fingerprint density at radius 3 is 2.55 bits per heavy atom. The van der Waals surface area contributed by atoms with Crippen LogP contribution in [0.3, 0.4) is 0 Å². The van der Waals surface area contributed by atoms with Crippen molar-refractivity contribution >= 4 is 34.1 Å². The molecule has 0 aliphatic rings. The number of fused-ring (bicyclic) bond motifs is 1. The van der Waals surface area contributed by atoms with Crippen molar-refractivity contribution in [2.75, 3.05) is 11.6 Å². The standard InChI is InChI=1S/C17H14N4S/c1-22-17(19-12-7-3-2-4-8-12)13(11-18)16-20-14-9-5-6-10-15(14)21-16/h2-10,19H,1H3,(H,20,21)/b17-13+. The quantitative estimate of drug-likeness (QED) is 0.708. The Labute approximate surface area is 132 Å². The first-order chi connectivity index (χ1) is 10.8. The molecule has 2 N–H and O–H groups in total. The average Bonchev–Trinajstić information content (AvgIpc) is 2.99. The van der Waals surface area contributed by atoms with Gasteiger partial charge < -0.3 is 10.3 Å². The summed E-state index contributed by atoms with van der Waals surface area (Å²) in [7, 11) is 0.